The van der Waals surface area contributed by atoms with Crippen LogP contribution in [-0.2, 0) is 11.3 Å². The van der Waals surface area contributed by atoms with Gasteiger partial charge < -0.3 is 20.5 Å². The standard InChI is InChI=1S/C16H26N2O3/c1-4-12(5-2)15(19)10-17-16(20)18-14-9-7-6-8-13(14)11-21-3/h6-9,12,15,19H,4-5,10-11H2,1-3H3,(H2,17,18,20). The highest BCUT2D eigenvalue weighted by Gasteiger charge is 2.16. The van der Waals surface area contributed by atoms with E-state index in [9.17, 15) is 9.90 Å². The summed E-state index contributed by atoms with van der Waals surface area (Å²) in [4.78, 5) is 11.9. The Bertz CT molecular complexity index is 433. The molecule has 0 aliphatic carbocycles. The third-order valence-electron chi connectivity index (χ3n) is 3.63. The number of carbonyl (C=O) groups is 1. The van der Waals surface area contributed by atoms with E-state index in [1.807, 2.05) is 38.1 Å². The number of carbonyl (C=O) groups excluding carboxylic acids is 1. The number of urea groups is 1. The van der Waals surface area contributed by atoms with Gasteiger partial charge in [-0.05, 0) is 12.0 Å². The second kappa shape index (κ2) is 9.37. The first-order chi connectivity index (χ1) is 10.1. The maximum atomic E-state index is 11.9. The van der Waals surface area contributed by atoms with Gasteiger partial charge >= 0.3 is 6.03 Å². The predicted octanol–water partition coefficient (Wildman–Crippen LogP) is 2.75. The number of aliphatic hydroxyl groups is 1. The van der Waals surface area contributed by atoms with Crippen LogP contribution in [0.1, 0.15) is 32.3 Å². The maximum Gasteiger partial charge on any atom is 0.319 e. The summed E-state index contributed by atoms with van der Waals surface area (Å²) in [5.74, 6) is 0.214. The van der Waals surface area contributed by atoms with E-state index >= 15 is 0 Å². The summed E-state index contributed by atoms with van der Waals surface area (Å²) in [7, 11) is 1.61. The smallest absolute Gasteiger partial charge is 0.319 e. The van der Waals surface area contributed by atoms with Crippen molar-refractivity contribution in [1.29, 1.82) is 0 Å². The molecule has 5 heteroatoms. The lowest BCUT2D eigenvalue weighted by molar-refractivity contribution is 0.104. The second-order valence-electron chi connectivity index (χ2n) is 5.07. The van der Waals surface area contributed by atoms with Crippen LogP contribution in [0.15, 0.2) is 24.3 Å². The molecule has 2 amide bonds. The van der Waals surface area contributed by atoms with E-state index in [0.717, 1.165) is 18.4 Å². The number of nitrogens with one attached hydrogen (secondary N) is 2. The van der Waals surface area contributed by atoms with E-state index in [4.69, 9.17) is 4.74 Å². The fourth-order valence-electron chi connectivity index (χ4n) is 2.29. The van der Waals surface area contributed by atoms with Crippen LogP contribution in [0.3, 0.4) is 0 Å². The minimum Gasteiger partial charge on any atom is -0.391 e. The zero-order valence-electron chi connectivity index (χ0n) is 13.1. The molecule has 1 aromatic carbocycles. The van der Waals surface area contributed by atoms with Gasteiger partial charge in [-0.25, -0.2) is 4.79 Å². The monoisotopic (exact) mass is 294 g/mol. The SMILES string of the molecule is CCC(CC)C(O)CNC(=O)Nc1ccccc1COC. The molecule has 0 aliphatic rings. The number of methoxy groups -OCH3 is 1. The first kappa shape index (κ1) is 17.5. The van der Waals surface area contributed by atoms with E-state index in [-0.39, 0.29) is 18.5 Å². The van der Waals surface area contributed by atoms with Crippen LogP contribution in [-0.4, -0.2) is 30.9 Å². The van der Waals surface area contributed by atoms with Gasteiger partial charge in [-0.2, -0.15) is 0 Å². The number of para-hydroxylation sites is 1. The third-order valence-corrected chi connectivity index (χ3v) is 3.63. The molecule has 0 spiro atoms. The quantitative estimate of drug-likeness (QED) is 0.690. The Morgan fingerprint density at radius 1 is 1.29 bits per heavy atom. The summed E-state index contributed by atoms with van der Waals surface area (Å²) >= 11 is 0. The number of rotatable bonds is 8. The molecular formula is C16H26N2O3. The first-order valence-corrected chi connectivity index (χ1v) is 7.42. The third kappa shape index (κ3) is 5.73. The first-order valence-electron chi connectivity index (χ1n) is 7.42. The molecule has 3 N–H and O–H groups in total. The van der Waals surface area contributed by atoms with Crippen molar-refractivity contribution in [2.45, 2.75) is 39.4 Å². The van der Waals surface area contributed by atoms with Crippen LogP contribution in [0.4, 0.5) is 10.5 Å². The van der Waals surface area contributed by atoms with Crippen LogP contribution in [0.5, 0.6) is 0 Å². The van der Waals surface area contributed by atoms with Gasteiger partial charge in [0.25, 0.3) is 0 Å². The maximum absolute atomic E-state index is 11.9. The molecule has 0 radical (unpaired) electrons. The van der Waals surface area contributed by atoms with E-state index in [2.05, 4.69) is 10.6 Å². The largest absolute Gasteiger partial charge is 0.391 e. The molecule has 1 rings (SSSR count). The summed E-state index contributed by atoms with van der Waals surface area (Å²) in [6.07, 6.45) is 1.29. The van der Waals surface area contributed by atoms with Gasteiger partial charge in [0.2, 0.25) is 0 Å². The van der Waals surface area contributed by atoms with E-state index in [0.29, 0.717) is 12.3 Å². The van der Waals surface area contributed by atoms with Crippen molar-refractivity contribution in [3.8, 4) is 0 Å². The molecule has 1 atom stereocenters. The molecule has 0 saturated heterocycles. The zero-order valence-corrected chi connectivity index (χ0v) is 13.1. The van der Waals surface area contributed by atoms with Crippen molar-refractivity contribution >= 4 is 11.7 Å². The lowest BCUT2D eigenvalue weighted by atomic mass is 9.97. The van der Waals surface area contributed by atoms with Gasteiger partial charge in [0, 0.05) is 24.9 Å². The highest BCUT2D eigenvalue weighted by atomic mass is 16.5. The van der Waals surface area contributed by atoms with Crippen LogP contribution in [0.25, 0.3) is 0 Å². The molecule has 5 nitrogen and oxygen atoms in total. The Kier molecular flexibility index (Phi) is 7.79. The van der Waals surface area contributed by atoms with Crippen molar-refractivity contribution in [3.05, 3.63) is 29.8 Å². The Hall–Kier alpha value is -1.59. The van der Waals surface area contributed by atoms with Gasteiger partial charge in [-0.1, -0.05) is 44.9 Å². The molecule has 0 aliphatic heterocycles. The van der Waals surface area contributed by atoms with Crippen LogP contribution in [0, 0.1) is 5.92 Å². The minimum absolute atomic E-state index is 0.214. The van der Waals surface area contributed by atoms with Gasteiger partial charge in [-0.15, -0.1) is 0 Å². The Morgan fingerprint density at radius 2 is 1.95 bits per heavy atom. The van der Waals surface area contributed by atoms with Gasteiger partial charge in [0.15, 0.2) is 0 Å². The van der Waals surface area contributed by atoms with Crippen molar-refractivity contribution in [1.82, 2.24) is 5.32 Å². The normalized spacial score (nSPS) is 12.2. The molecule has 0 fully saturated rings. The summed E-state index contributed by atoms with van der Waals surface area (Å²) in [5, 5.41) is 15.5. The Morgan fingerprint density at radius 3 is 2.57 bits per heavy atom. The van der Waals surface area contributed by atoms with Gasteiger partial charge in [0.05, 0.1) is 12.7 Å². The van der Waals surface area contributed by atoms with Crippen molar-refractivity contribution in [2.24, 2.45) is 5.92 Å². The number of ether oxygens (including phenoxy) is 1. The van der Waals surface area contributed by atoms with Crippen molar-refractivity contribution in [3.63, 3.8) is 0 Å². The zero-order chi connectivity index (χ0) is 15.7. The number of hydrogen-bond donors (Lipinski definition) is 3. The van der Waals surface area contributed by atoms with Crippen molar-refractivity contribution in [2.75, 3.05) is 19.0 Å². The van der Waals surface area contributed by atoms with E-state index < -0.39 is 6.10 Å². The highest BCUT2D eigenvalue weighted by molar-refractivity contribution is 5.90. The molecule has 0 heterocycles. The topological polar surface area (TPSA) is 70.6 Å². The summed E-state index contributed by atoms with van der Waals surface area (Å²) in [5.41, 5.74) is 1.63. The average Bonchev–Trinajstić information content (AvgIpc) is 2.49. The fourth-order valence-corrected chi connectivity index (χ4v) is 2.29. The van der Waals surface area contributed by atoms with Crippen LogP contribution >= 0.6 is 0 Å². The second-order valence-corrected chi connectivity index (χ2v) is 5.07. The molecule has 1 unspecified atom stereocenters. The van der Waals surface area contributed by atoms with Crippen molar-refractivity contribution < 1.29 is 14.6 Å². The van der Waals surface area contributed by atoms with Gasteiger partial charge in [-0.3, -0.25) is 0 Å². The lowest BCUT2D eigenvalue weighted by Gasteiger charge is -2.20. The number of aliphatic hydroxyl groups excluding tert-OH is 1. The Balaban J connectivity index is 2.51. The lowest BCUT2D eigenvalue weighted by Crippen LogP contribution is -2.38. The molecule has 0 aromatic heterocycles. The predicted molar refractivity (Wildman–Crippen MR) is 84.3 cm³/mol. The van der Waals surface area contributed by atoms with E-state index in [1.54, 1.807) is 7.11 Å². The number of anilines is 1. The number of hydrogen-bond acceptors (Lipinski definition) is 3. The average molecular weight is 294 g/mol. The van der Waals surface area contributed by atoms with E-state index in [1.165, 1.54) is 0 Å². The summed E-state index contributed by atoms with van der Waals surface area (Å²) < 4.78 is 5.10. The summed E-state index contributed by atoms with van der Waals surface area (Å²) in [6.45, 7) is 4.77. The highest BCUT2D eigenvalue weighted by Crippen LogP contribution is 2.16. The minimum atomic E-state index is -0.514. The molecule has 1 aromatic rings. The Labute approximate surface area is 126 Å². The molecule has 0 bridgehead atoms. The molecular weight excluding hydrogens is 268 g/mol. The number of amides is 2. The molecule has 0 saturated carbocycles. The molecule has 21 heavy (non-hydrogen) atoms. The fraction of sp³-hybridized carbons (Fsp3) is 0.562. The van der Waals surface area contributed by atoms with Gasteiger partial charge in [0.1, 0.15) is 0 Å². The molecule has 118 valence electrons. The van der Waals surface area contributed by atoms with Crippen LogP contribution in [0.2, 0.25) is 0 Å². The summed E-state index contributed by atoms with van der Waals surface area (Å²) in [6, 6.07) is 7.16. The van der Waals surface area contributed by atoms with Crippen LogP contribution < -0.4 is 10.6 Å². The number of benzene rings is 1.